The summed E-state index contributed by atoms with van der Waals surface area (Å²) >= 11 is 5.71. The largest absolute Gasteiger partial charge is 0.481 e. The van der Waals surface area contributed by atoms with Gasteiger partial charge in [0, 0.05) is 6.04 Å². The zero-order valence-electron chi connectivity index (χ0n) is 9.38. The van der Waals surface area contributed by atoms with E-state index in [4.69, 9.17) is 16.7 Å². The van der Waals surface area contributed by atoms with Gasteiger partial charge in [-0.3, -0.25) is 4.79 Å². The monoisotopic (exact) mass is 281 g/mol. The number of halogens is 4. The molecule has 0 aliphatic heterocycles. The van der Waals surface area contributed by atoms with Gasteiger partial charge in [0.1, 0.15) is 0 Å². The molecule has 0 fully saturated rings. The average molecular weight is 282 g/mol. The van der Waals surface area contributed by atoms with Crippen molar-refractivity contribution in [3.8, 4) is 0 Å². The van der Waals surface area contributed by atoms with Gasteiger partial charge in [-0.2, -0.15) is 13.2 Å². The first-order valence-electron chi connectivity index (χ1n) is 5.06. The quantitative estimate of drug-likeness (QED) is 0.886. The number of para-hydroxylation sites is 1. The zero-order valence-corrected chi connectivity index (χ0v) is 10.1. The lowest BCUT2D eigenvalue weighted by molar-refractivity contribution is -0.137. The third kappa shape index (κ3) is 3.80. The Morgan fingerprint density at radius 3 is 2.61 bits per heavy atom. The van der Waals surface area contributed by atoms with E-state index >= 15 is 0 Å². The van der Waals surface area contributed by atoms with Crippen molar-refractivity contribution in [1.82, 2.24) is 0 Å². The van der Waals surface area contributed by atoms with E-state index in [2.05, 4.69) is 5.32 Å². The van der Waals surface area contributed by atoms with Crippen LogP contribution in [0.25, 0.3) is 0 Å². The summed E-state index contributed by atoms with van der Waals surface area (Å²) in [6.07, 6.45) is -4.85. The Morgan fingerprint density at radius 1 is 1.50 bits per heavy atom. The predicted octanol–water partition coefficient (Wildman–Crippen LogP) is 3.63. The van der Waals surface area contributed by atoms with Crippen LogP contribution in [0, 0.1) is 0 Å². The van der Waals surface area contributed by atoms with Gasteiger partial charge in [0.15, 0.2) is 0 Å². The molecule has 1 aromatic rings. The Hall–Kier alpha value is -1.43. The van der Waals surface area contributed by atoms with E-state index < -0.39 is 23.8 Å². The van der Waals surface area contributed by atoms with Gasteiger partial charge in [0.05, 0.1) is 22.7 Å². The van der Waals surface area contributed by atoms with Gasteiger partial charge >= 0.3 is 12.1 Å². The molecule has 0 saturated heterocycles. The number of carboxylic acid groups (broad SMARTS) is 1. The zero-order chi connectivity index (χ0) is 13.9. The number of hydrogen-bond donors (Lipinski definition) is 2. The van der Waals surface area contributed by atoms with E-state index in [0.29, 0.717) is 0 Å². The highest BCUT2D eigenvalue weighted by atomic mass is 35.5. The van der Waals surface area contributed by atoms with Crippen LogP contribution >= 0.6 is 11.6 Å². The molecule has 0 radical (unpaired) electrons. The van der Waals surface area contributed by atoms with Crippen molar-refractivity contribution in [2.24, 2.45) is 0 Å². The number of carboxylic acids is 1. The van der Waals surface area contributed by atoms with Gasteiger partial charge in [-0.25, -0.2) is 0 Å². The molecule has 1 rings (SSSR count). The van der Waals surface area contributed by atoms with Gasteiger partial charge in [0.25, 0.3) is 0 Å². The fourth-order valence-electron chi connectivity index (χ4n) is 1.47. The number of rotatable bonds is 4. The van der Waals surface area contributed by atoms with Crippen LogP contribution in [0.15, 0.2) is 18.2 Å². The molecule has 100 valence electrons. The Kier molecular flexibility index (Phi) is 4.45. The maximum Gasteiger partial charge on any atom is 0.418 e. The summed E-state index contributed by atoms with van der Waals surface area (Å²) in [5.74, 6) is -1.10. The molecule has 0 aliphatic carbocycles. The number of alkyl halides is 3. The average Bonchev–Trinajstić information content (AvgIpc) is 2.18. The molecule has 18 heavy (non-hydrogen) atoms. The normalized spacial score (nSPS) is 13.2. The van der Waals surface area contributed by atoms with Crippen LogP contribution in [0.4, 0.5) is 18.9 Å². The van der Waals surface area contributed by atoms with Gasteiger partial charge in [0.2, 0.25) is 0 Å². The van der Waals surface area contributed by atoms with Crippen LogP contribution in [0.2, 0.25) is 5.02 Å². The molecule has 0 bridgehead atoms. The van der Waals surface area contributed by atoms with E-state index in [1.54, 1.807) is 0 Å². The minimum absolute atomic E-state index is 0.0953. The summed E-state index contributed by atoms with van der Waals surface area (Å²) < 4.78 is 38.2. The molecule has 1 atom stereocenters. The second-order valence-electron chi connectivity index (χ2n) is 3.80. The minimum atomic E-state index is -4.55. The first-order chi connectivity index (χ1) is 8.21. The second kappa shape index (κ2) is 5.48. The maximum absolute atomic E-state index is 12.7. The van der Waals surface area contributed by atoms with Crippen molar-refractivity contribution in [2.45, 2.75) is 25.6 Å². The molecule has 0 aliphatic rings. The molecule has 0 saturated carbocycles. The lowest BCUT2D eigenvalue weighted by Crippen LogP contribution is -2.22. The highest BCUT2D eigenvalue weighted by Gasteiger charge is 2.34. The minimum Gasteiger partial charge on any atom is -0.481 e. The van der Waals surface area contributed by atoms with Crippen molar-refractivity contribution in [3.05, 3.63) is 28.8 Å². The smallest absolute Gasteiger partial charge is 0.418 e. The summed E-state index contributed by atoms with van der Waals surface area (Å²) in [4.78, 5) is 10.5. The Bertz CT molecular complexity index is 448. The number of anilines is 1. The van der Waals surface area contributed by atoms with E-state index in [1.165, 1.54) is 19.1 Å². The number of aliphatic carboxylic acids is 1. The number of carbonyl (C=O) groups is 1. The van der Waals surface area contributed by atoms with Crippen molar-refractivity contribution in [3.63, 3.8) is 0 Å². The third-order valence-electron chi connectivity index (χ3n) is 2.19. The van der Waals surface area contributed by atoms with Crippen LogP contribution in [0.3, 0.4) is 0 Å². The molecule has 0 heterocycles. The molecule has 0 aromatic heterocycles. The molecule has 2 N–H and O–H groups in total. The Labute approximate surface area is 107 Å². The van der Waals surface area contributed by atoms with Crippen molar-refractivity contribution in [2.75, 3.05) is 5.32 Å². The third-order valence-corrected chi connectivity index (χ3v) is 2.51. The fourth-order valence-corrected chi connectivity index (χ4v) is 1.70. The van der Waals surface area contributed by atoms with Crippen LogP contribution in [0.5, 0.6) is 0 Å². The summed E-state index contributed by atoms with van der Waals surface area (Å²) in [7, 11) is 0. The van der Waals surface area contributed by atoms with Crippen LogP contribution < -0.4 is 5.32 Å². The van der Waals surface area contributed by atoms with E-state index in [9.17, 15) is 18.0 Å². The molecule has 1 aromatic carbocycles. The number of nitrogens with one attached hydrogen (secondary N) is 1. The summed E-state index contributed by atoms with van der Waals surface area (Å²) in [6, 6.07) is 2.73. The lowest BCUT2D eigenvalue weighted by atomic mass is 10.1. The van der Waals surface area contributed by atoms with Gasteiger partial charge in [-0.05, 0) is 19.1 Å². The Balaban J connectivity index is 3.04. The first-order valence-corrected chi connectivity index (χ1v) is 5.43. The fraction of sp³-hybridized carbons (Fsp3) is 0.364. The van der Waals surface area contributed by atoms with E-state index in [1.807, 2.05) is 0 Å². The SMILES string of the molecule is CC(CC(=O)O)Nc1c(Cl)cccc1C(F)(F)F. The molecule has 1 unspecified atom stereocenters. The molecule has 7 heteroatoms. The maximum atomic E-state index is 12.7. The van der Waals surface area contributed by atoms with Crippen LogP contribution in [-0.4, -0.2) is 17.1 Å². The highest BCUT2D eigenvalue weighted by Crippen LogP contribution is 2.38. The summed E-state index contributed by atoms with van der Waals surface area (Å²) in [5.41, 5.74) is -1.20. The molecule has 3 nitrogen and oxygen atoms in total. The molecule has 0 amide bonds. The molecule has 0 spiro atoms. The van der Waals surface area contributed by atoms with Crippen molar-refractivity contribution >= 4 is 23.3 Å². The highest BCUT2D eigenvalue weighted by molar-refractivity contribution is 6.33. The van der Waals surface area contributed by atoms with E-state index in [-0.39, 0.29) is 17.1 Å². The Morgan fingerprint density at radius 2 is 2.11 bits per heavy atom. The standard InChI is InChI=1S/C11H11ClF3NO2/c1-6(5-9(17)18)16-10-7(11(13,14)15)3-2-4-8(10)12/h2-4,6,16H,5H2,1H3,(H,17,18). The first kappa shape index (κ1) is 14.6. The topological polar surface area (TPSA) is 49.3 Å². The van der Waals surface area contributed by atoms with Crippen LogP contribution in [0.1, 0.15) is 18.9 Å². The summed E-state index contributed by atoms with van der Waals surface area (Å²) in [6.45, 7) is 1.47. The molecular weight excluding hydrogens is 271 g/mol. The molecular formula is C11H11ClF3NO2. The van der Waals surface area contributed by atoms with Gasteiger partial charge in [-0.1, -0.05) is 17.7 Å². The number of hydrogen-bond acceptors (Lipinski definition) is 2. The lowest BCUT2D eigenvalue weighted by Gasteiger charge is -2.19. The van der Waals surface area contributed by atoms with Crippen molar-refractivity contribution in [1.29, 1.82) is 0 Å². The predicted molar refractivity (Wildman–Crippen MR) is 61.8 cm³/mol. The van der Waals surface area contributed by atoms with Gasteiger partial charge < -0.3 is 10.4 Å². The number of benzene rings is 1. The van der Waals surface area contributed by atoms with Crippen LogP contribution in [-0.2, 0) is 11.0 Å². The summed E-state index contributed by atoms with van der Waals surface area (Å²) in [5, 5.41) is 11.0. The van der Waals surface area contributed by atoms with Crippen molar-refractivity contribution < 1.29 is 23.1 Å². The van der Waals surface area contributed by atoms with E-state index in [0.717, 1.165) is 6.07 Å². The second-order valence-corrected chi connectivity index (χ2v) is 4.21. The van der Waals surface area contributed by atoms with Gasteiger partial charge in [-0.15, -0.1) is 0 Å².